The van der Waals surface area contributed by atoms with E-state index in [2.05, 4.69) is 17.2 Å². The minimum Gasteiger partial charge on any atom is -0.508 e. The van der Waals surface area contributed by atoms with E-state index in [0.717, 1.165) is 0 Å². The quantitative estimate of drug-likeness (QED) is 0.289. The van der Waals surface area contributed by atoms with Gasteiger partial charge >= 0.3 is 0 Å². The second-order valence-corrected chi connectivity index (χ2v) is 9.87. The molecule has 0 heterocycles. The zero-order valence-corrected chi connectivity index (χ0v) is 22.7. The number of hydrogen-bond acceptors (Lipinski definition) is 5. The van der Waals surface area contributed by atoms with Crippen LogP contribution in [-0.2, 0) is 16.0 Å². The Hall–Kier alpha value is -3.79. The van der Waals surface area contributed by atoms with Crippen LogP contribution >= 0.6 is 0 Å². The van der Waals surface area contributed by atoms with Crippen molar-refractivity contribution >= 4 is 17.7 Å². The number of amides is 3. The smallest absolute Gasteiger partial charge is 0.267 e. The lowest BCUT2D eigenvalue weighted by molar-refractivity contribution is -0.152. The number of nitrogens with zero attached hydrogens (tertiary/aromatic N) is 1. The maximum absolute atomic E-state index is 14.7. The molecule has 39 heavy (non-hydrogen) atoms. The average Bonchev–Trinajstić information content (AvgIpc) is 2.88. The minimum atomic E-state index is -3.34. The van der Waals surface area contributed by atoms with Gasteiger partial charge in [0.1, 0.15) is 5.75 Å². The highest BCUT2D eigenvalue weighted by molar-refractivity contribution is 5.97. The van der Waals surface area contributed by atoms with Crippen LogP contribution in [0.25, 0.3) is 0 Å². The molecule has 8 nitrogen and oxygen atoms in total. The molecule has 3 amide bonds. The van der Waals surface area contributed by atoms with Crippen molar-refractivity contribution in [3.63, 3.8) is 0 Å². The summed E-state index contributed by atoms with van der Waals surface area (Å²) in [5.74, 6) is -7.08. The van der Waals surface area contributed by atoms with Crippen LogP contribution in [0.5, 0.6) is 5.75 Å². The van der Waals surface area contributed by atoms with Crippen molar-refractivity contribution in [2.45, 2.75) is 52.2 Å². The molecule has 0 saturated carbocycles. The number of aliphatic hydroxyl groups is 1. The molecule has 0 saturated heterocycles. The van der Waals surface area contributed by atoms with Crippen LogP contribution in [0.1, 0.15) is 40.9 Å². The largest absolute Gasteiger partial charge is 0.508 e. The Bertz CT molecular complexity index is 1170. The Kier molecular flexibility index (Phi) is 11.2. The molecule has 10 heteroatoms. The fourth-order valence-electron chi connectivity index (χ4n) is 3.85. The molecule has 0 radical (unpaired) electrons. The van der Waals surface area contributed by atoms with Gasteiger partial charge in [-0.25, -0.2) is 8.78 Å². The first-order valence-corrected chi connectivity index (χ1v) is 12.6. The number of benzene rings is 2. The van der Waals surface area contributed by atoms with Crippen molar-refractivity contribution in [3.05, 3.63) is 77.4 Å². The Morgan fingerprint density at radius 3 is 2.36 bits per heavy atom. The molecule has 4 N–H and O–H groups in total. The first-order chi connectivity index (χ1) is 18.3. The Labute approximate surface area is 227 Å². The molecule has 0 aromatic heterocycles. The van der Waals surface area contributed by atoms with Gasteiger partial charge < -0.3 is 25.7 Å². The fraction of sp³-hybridized carbons (Fsp3) is 0.414. The molecule has 2 atom stereocenters. The van der Waals surface area contributed by atoms with Crippen LogP contribution in [0.3, 0.4) is 0 Å². The van der Waals surface area contributed by atoms with E-state index in [-0.39, 0.29) is 24.3 Å². The van der Waals surface area contributed by atoms with Gasteiger partial charge in [0.25, 0.3) is 17.7 Å². The molecule has 0 bridgehead atoms. The number of alkyl halides is 2. The van der Waals surface area contributed by atoms with Crippen LogP contribution < -0.4 is 10.6 Å². The van der Waals surface area contributed by atoms with Crippen molar-refractivity contribution in [3.8, 4) is 5.75 Å². The number of carbonyl (C=O) groups excluding carboxylic acids is 3. The first-order valence-electron chi connectivity index (χ1n) is 12.6. The lowest BCUT2D eigenvalue weighted by Gasteiger charge is -2.33. The summed E-state index contributed by atoms with van der Waals surface area (Å²) >= 11 is 0. The van der Waals surface area contributed by atoms with Gasteiger partial charge in [-0.2, -0.15) is 0 Å². The summed E-state index contributed by atoms with van der Waals surface area (Å²) < 4.78 is 29.4. The summed E-state index contributed by atoms with van der Waals surface area (Å²) in [7, 11) is 0. The van der Waals surface area contributed by atoms with Crippen LogP contribution in [0.2, 0.25) is 0 Å². The number of carbonyl (C=O) groups is 3. The molecule has 0 aliphatic carbocycles. The van der Waals surface area contributed by atoms with E-state index >= 15 is 0 Å². The van der Waals surface area contributed by atoms with Crippen molar-refractivity contribution in [2.75, 3.05) is 19.6 Å². The molecule has 0 aliphatic heterocycles. The summed E-state index contributed by atoms with van der Waals surface area (Å²) in [6.45, 7) is 7.55. The minimum absolute atomic E-state index is 0.00654. The number of halogens is 2. The monoisotopic (exact) mass is 545 g/mol. The topological polar surface area (TPSA) is 119 Å². The van der Waals surface area contributed by atoms with Gasteiger partial charge in [0.15, 0.2) is 6.10 Å². The molecular formula is C29H37F2N3O5. The number of nitrogens with one attached hydrogen (secondary N) is 2. The van der Waals surface area contributed by atoms with Gasteiger partial charge in [0.2, 0.25) is 5.91 Å². The van der Waals surface area contributed by atoms with Crippen molar-refractivity contribution in [2.24, 2.45) is 5.92 Å². The molecule has 2 unspecified atom stereocenters. The van der Waals surface area contributed by atoms with E-state index in [1.807, 2.05) is 0 Å². The number of hydrogen-bond donors (Lipinski definition) is 4. The van der Waals surface area contributed by atoms with Gasteiger partial charge in [-0.05, 0) is 43.5 Å². The Balaban J connectivity index is 2.41. The number of phenolic OH excluding ortho intramolecular Hbond substituents is 1. The number of rotatable bonds is 13. The number of aromatic hydroxyl groups is 1. The van der Waals surface area contributed by atoms with Crippen molar-refractivity contribution in [1.82, 2.24) is 15.5 Å². The molecule has 0 aliphatic rings. The van der Waals surface area contributed by atoms with Crippen LogP contribution in [0, 0.1) is 19.8 Å². The predicted molar refractivity (Wildman–Crippen MR) is 145 cm³/mol. The summed E-state index contributed by atoms with van der Waals surface area (Å²) in [6, 6.07) is 10.5. The van der Waals surface area contributed by atoms with E-state index in [1.165, 1.54) is 26.0 Å². The normalized spacial score (nSPS) is 12.9. The summed E-state index contributed by atoms with van der Waals surface area (Å²) in [6.07, 6.45) is -0.561. The van der Waals surface area contributed by atoms with Crippen molar-refractivity contribution in [1.29, 1.82) is 0 Å². The van der Waals surface area contributed by atoms with Gasteiger partial charge in [0, 0.05) is 23.6 Å². The average molecular weight is 546 g/mol. The molecular weight excluding hydrogens is 508 g/mol. The molecule has 2 rings (SSSR count). The third kappa shape index (κ3) is 8.88. The highest BCUT2D eigenvalue weighted by Crippen LogP contribution is 2.26. The second kappa shape index (κ2) is 13.8. The highest BCUT2D eigenvalue weighted by Gasteiger charge is 2.40. The third-order valence-electron chi connectivity index (χ3n) is 6.35. The van der Waals surface area contributed by atoms with E-state index < -0.39 is 54.8 Å². The van der Waals surface area contributed by atoms with Gasteiger partial charge in [-0.15, -0.1) is 6.58 Å². The molecule has 212 valence electrons. The summed E-state index contributed by atoms with van der Waals surface area (Å²) in [4.78, 5) is 39.6. The van der Waals surface area contributed by atoms with Crippen molar-refractivity contribution < 1.29 is 33.4 Å². The highest BCUT2D eigenvalue weighted by atomic mass is 19.3. The lowest BCUT2D eigenvalue weighted by atomic mass is 9.98. The summed E-state index contributed by atoms with van der Waals surface area (Å²) in [5.41, 5.74) is 1.72. The fourth-order valence-corrected chi connectivity index (χ4v) is 3.85. The van der Waals surface area contributed by atoms with E-state index in [0.29, 0.717) is 21.6 Å². The molecule has 2 aromatic carbocycles. The third-order valence-corrected chi connectivity index (χ3v) is 6.35. The SMILES string of the molecule is C=CCNC(=O)CN(CC(F)(F)C(C)C)C(=O)C(O)C(Cc1ccccc1)NC(=O)c1cc(C)cc(O)c1C. The van der Waals surface area contributed by atoms with Crippen LogP contribution in [0.15, 0.2) is 55.1 Å². The second-order valence-electron chi connectivity index (χ2n) is 9.87. The predicted octanol–water partition coefficient (Wildman–Crippen LogP) is 3.13. The lowest BCUT2D eigenvalue weighted by Crippen LogP contribution is -2.56. The van der Waals surface area contributed by atoms with E-state index in [1.54, 1.807) is 50.2 Å². The van der Waals surface area contributed by atoms with Gasteiger partial charge in [0.05, 0.1) is 19.1 Å². The van der Waals surface area contributed by atoms with Gasteiger partial charge in [-0.3, -0.25) is 14.4 Å². The first kappa shape index (κ1) is 31.4. The van der Waals surface area contributed by atoms with Gasteiger partial charge in [-0.1, -0.05) is 50.3 Å². The summed E-state index contributed by atoms with van der Waals surface area (Å²) in [5, 5.41) is 26.4. The number of aliphatic hydroxyl groups excluding tert-OH is 1. The molecule has 2 aromatic rings. The van der Waals surface area contributed by atoms with E-state index in [9.17, 15) is 33.4 Å². The molecule has 0 fully saturated rings. The van der Waals surface area contributed by atoms with Crippen LogP contribution in [0.4, 0.5) is 8.78 Å². The Morgan fingerprint density at radius 1 is 1.13 bits per heavy atom. The molecule has 0 spiro atoms. The zero-order chi connectivity index (χ0) is 29.3. The zero-order valence-electron chi connectivity index (χ0n) is 22.7. The Morgan fingerprint density at radius 2 is 1.77 bits per heavy atom. The van der Waals surface area contributed by atoms with E-state index in [4.69, 9.17) is 0 Å². The standard InChI is InChI=1S/C29H37F2N3O5/c1-6-12-32-25(36)16-34(17-29(30,31)18(2)3)28(39)26(37)23(15-21-10-8-7-9-11-21)33-27(38)22-13-19(4)14-24(35)20(22)5/h6-11,13-14,18,23,26,35,37H,1,12,15-17H2,2-5H3,(H,32,36)(H,33,38). The van der Waals surface area contributed by atoms with Crippen LogP contribution in [-0.4, -0.2) is 70.5 Å². The number of aryl methyl sites for hydroxylation is 1. The maximum Gasteiger partial charge on any atom is 0.267 e. The number of phenols is 1. The maximum atomic E-state index is 14.7.